The molecular weight excluding hydrogens is 473 g/mol. The van der Waals surface area contributed by atoms with Gasteiger partial charge >= 0.3 is 11.9 Å². The van der Waals surface area contributed by atoms with Gasteiger partial charge < -0.3 is 9.32 Å². The van der Waals surface area contributed by atoms with E-state index in [0.29, 0.717) is 36.2 Å². The third kappa shape index (κ3) is 4.10. The Labute approximate surface area is 203 Å². The number of nitrogens with zero attached hydrogens (tertiary/aromatic N) is 3. The summed E-state index contributed by atoms with van der Waals surface area (Å²) in [5, 5.41) is 7.14. The molecule has 6 rings (SSSR count). The van der Waals surface area contributed by atoms with Crippen LogP contribution >= 0.6 is 0 Å². The molecule has 1 aliphatic heterocycles. The van der Waals surface area contributed by atoms with Gasteiger partial charge in [0.1, 0.15) is 11.4 Å². The van der Waals surface area contributed by atoms with Crippen molar-refractivity contribution in [3.8, 4) is 16.8 Å². The maximum absolute atomic E-state index is 14.2. The Balaban J connectivity index is 1.34. The zero-order valence-corrected chi connectivity index (χ0v) is 19.2. The number of benzene rings is 2. The molecule has 1 atom stereocenters. The number of hydrogen-bond acceptors (Lipinski definition) is 4. The zero-order valence-electron chi connectivity index (χ0n) is 19.2. The van der Waals surface area contributed by atoms with Crippen LogP contribution in [0.4, 0.5) is 13.2 Å². The van der Waals surface area contributed by atoms with Crippen LogP contribution in [-0.4, -0.2) is 38.7 Å². The molecule has 2 aromatic carbocycles. The van der Waals surface area contributed by atoms with Crippen molar-refractivity contribution in [2.24, 2.45) is 11.8 Å². The van der Waals surface area contributed by atoms with E-state index in [1.807, 2.05) is 4.90 Å². The van der Waals surface area contributed by atoms with Gasteiger partial charge in [-0.1, -0.05) is 12.1 Å². The maximum atomic E-state index is 14.2. The van der Waals surface area contributed by atoms with Crippen LogP contribution in [0.3, 0.4) is 0 Å². The van der Waals surface area contributed by atoms with Crippen molar-refractivity contribution >= 4 is 16.9 Å². The molecule has 10 heteroatoms. The Hall–Kier alpha value is -3.82. The first-order chi connectivity index (χ1) is 17.3. The number of amides is 1. The SMILES string of the molecule is O=C(C1CC1)N1CC[C@@H](Cc2n[nH]c(=O)n2-c2ccc(-c3ccc4occc4c3)cc2C(F)(F)F)C1. The smallest absolute Gasteiger partial charge is 0.418 e. The van der Waals surface area contributed by atoms with E-state index in [0.717, 1.165) is 35.3 Å². The van der Waals surface area contributed by atoms with Crippen molar-refractivity contribution in [1.82, 2.24) is 19.7 Å². The lowest BCUT2D eigenvalue weighted by atomic mass is 10.00. The number of rotatable bonds is 5. The van der Waals surface area contributed by atoms with Crippen molar-refractivity contribution in [1.29, 1.82) is 0 Å². The van der Waals surface area contributed by atoms with E-state index in [-0.39, 0.29) is 29.3 Å². The number of furan rings is 1. The highest BCUT2D eigenvalue weighted by Gasteiger charge is 2.38. The van der Waals surface area contributed by atoms with Crippen molar-refractivity contribution in [2.75, 3.05) is 13.1 Å². The standard InChI is InChI=1S/C26H23F3N4O3/c27-26(28,29)20-13-18(17-4-6-22-19(12-17)8-10-36-22)3-5-21(20)33-23(30-31-25(33)35)11-15-7-9-32(14-15)24(34)16-1-2-16/h3-6,8,10,12-13,15-16H,1-2,7,9,11,14H2,(H,31,35)/t15-/m0/s1. The first kappa shape index (κ1) is 22.6. The molecule has 2 aliphatic rings. The Morgan fingerprint density at radius 3 is 2.64 bits per heavy atom. The van der Waals surface area contributed by atoms with Gasteiger partial charge in [-0.2, -0.15) is 18.3 Å². The summed E-state index contributed by atoms with van der Waals surface area (Å²) >= 11 is 0. The van der Waals surface area contributed by atoms with Crippen LogP contribution in [0.25, 0.3) is 27.8 Å². The molecule has 36 heavy (non-hydrogen) atoms. The average molecular weight is 496 g/mol. The molecule has 1 saturated heterocycles. The summed E-state index contributed by atoms with van der Waals surface area (Å²) in [7, 11) is 0. The van der Waals surface area contributed by atoms with Gasteiger partial charge in [0.25, 0.3) is 0 Å². The summed E-state index contributed by atoms with van der Waals surface area (Å²) in [5.41, 5.74) is -0.302. The van der Waals surface area contributed by atoms with E-state index in [2.05, 4.69) is 10.2 Å². The number of fused-ring (bicyclic) bond motifs is 1. The highest BCUT2D eigenvalue weighted by molar-refractivity contribution is 5.84. The van der Waals surface area contributed by atoms with Gasteiger partial charge in [-0.25, -0.2) is 14.5 Å². The fraction of sp³-hybridized carbons (Fsp3) is 0.346. The minimum Gasteiger partial charge on any atom is -0.464 e. The van der Waals surface area contributed by atoms with Crippen LogP contribution in [0.15, 0.2) is 57.9 Å². The normalized spacial score (nSPS) is 18.3. The molecule has 2 aromatic heterocycles. The van der Waals surface area contributed by atoms with Crippen molar-refractivity contribution in [2.45, 2.75) is 31.9 Å². The minimum absolute atomic E-state index is 0.0250. The summed E-state index contributed by atoms with van der Waals surface area (Å²) in [6.07, 6.45) is -0.308. The van der Waals surface area contributed by atoms with Crippen molar-refractivity contribution in [3.63, 3.8) is 0 Å². The molecule has 4 aromatic rings. The summed E-state index contributed by atoms with van der Waals surface area (Å²) in [5.74, 6) is 0.524. The molecule has 1 N–H and O–H groups in total. The van der Waals surface area contributed by atoms with Gasteiger partial charge in [0.15, 0.2) is 0 Å². The zero-order chi connectivity index (χ0) is 25.0. The second-order valence-electron chi connectivity index (χ2n) is 9.60. The summed E-state index contributed by atoms with van der Waals surface area (Å²) in [6, 6.07) is 10.9. The Bertz CT molecular complexity index is 1510. The molecule has 1 saturated carbocycles. The molecule has 0 unspecified atom stereocenters. The van der Waals surface area contributed by atoms with Crippen LogP contribution in [0.5, 0.6) is 0 Å². The third-order valence-electron chi connectivity index (χ3n) is 7.07. The van der Waals surface area contributed by atoms with E-state index in [1.165, 1.54) is 12.3 Å². The molecule has 0 radical (unpaired) electrons. The Morgan fingerprint density at radius 1 is 1.08 bits per heavy atom. The van der Waals surface area contributed by atoms with Gasteiger partial charge in [0, 0.05) is 30.8 Å². The fourth-order valence-corrected chi connectivity index (χ4v) is 5.04. The van der Waals surface area contributed by atoms with Crippen LogP contribution in [0.1, 0.15) is 30.7 Å². The summed E-state index contributed by atoms with van der Waals surface area (Å²) in [6.45, 7) is 1.15. The van der Waals surface area contributed by atoms with Gasteiger partial charge in [0.05, 0.1) is 17.5 Å². The van der Waals surface area contributed by atoms with Crippen molar-refractivity contribution < 1.29 is 22.4 Å². The second kappa shape index (κ2) is 8.39. The molecule has 0 spiro atoms. The van der Waals surface area contributed by atoms with Gasteiger partial charge in [0.2, 0.25) is 5.91 Å². The summed E-state index contributed by atoms with van der Waals surface area (Å²) in [4.78, 5) is 26.8. The van der Waals surface area contributed by atoms with Crippen molar-refractivity contribution in [3.05, 3.63) is 70.6 Å². The predicted octanol–water partition coefficient (Wildman–Crippen LogP) is 4.79. The lowest BCUT2D eigenvalue weighted by Crippen LogP contribution is -2.30. The highest BCUT2D eigenvalue weighted by atomic mass is 19.4. The molecule has 2 fully saturated rings. The molecule has 7 nitrogen and oxygen atoms in total. The van der Waals surface area contributed by atoms with E-state index >= 15 is 0 Å². The van der Waals surface area contributed by atoms with E-state index in [4.69, 9.17) is 4.42 Å². The number of H-pyrrole nitrogens is 1. The average Bonchev–Trinajstić information content (AvgIpc) is 3.24. The number of nitrogens with one attached hydrogen (secondary N) is 1. The van der Waals surface area contributed by atoms with Crippen LogP contribution in [-0.2, 0) is 17.4 Å². The van der Waals surface area contributed by atoms with E-state index in [9.17, 15) is 22.8 Å². The van der Waals surface area contributed by atoms with Gasteiger partial charge in [-0.05, 0) is 66.6 Å². The molecule has 1 amide bonds. The van der Waals surface area contributed by atoms with Crippen LogP contribution < -0.4 is 5.69 Å². The quantitative estimate of drug-likeness (QED) is 0.431. The molecule has 1 aliphatic carbocycles. The number of alkyl halides is 3. The molecule has 0 bridgehead atoms. The largest absolute Gasteiger partial charge is 0.464 e. The maximum Gasteiger partial charge on any atom is 0.418 e. The first-order valence-corrected chi connectivity index (χ1v) is 11.9. The number of halogens is 3. The van der Waals surface area contributed by atoms with Gasteiger partial charge in [-0.15, -0.1) is 0 Å². The molecule has 186 valence electrons. The van der Waals surface area contributed by atoms with Crippen LogP contribution in [0, 0.1) is 11.8 Å². The molecular formula is C26H23F3N4O3. The Kier molecular flexibility index (Phi) is 5.27. The second-order valence-corrected chi connectivity index (χ2v) is 9.60. The first-order valence-electron chi connectivity index (χ1n) is 11.9. The lowest BCUT2D eigenvalue weighted by Gasteiger charge is -2.18. The fourth-order valence-electron chi connectivity index (χ4n) is 5.04. The van der Waals surface area contributed by atoms with E-state index in [1.54, 1.807) is 30.3 Å². The van der Waals surface area contributed by atoms with Gasteiger partial charge in [-0.3, -0.25) is 4.79 Å². The monoisotopic (exact) mass is 496 g/mol. The Morgan fingerprint density at radius 2 is 1.86 bits per heavy atom. The predicted molar refractivity (Wildman–Crippen MR) is 126 cm³/mol. The minimum atomic E-state index is -4.69. The van der Waals surface area contributed by atoms with Crippen LogP contribution in [0.2, 0.25) is 0 Å². The molecule has 3 heterocycles. The number of aromatic nitrogens is 3. The third-order valence-corrected chi connectivity index (χ3v) is 7.07. The number of hydrogen-bond donors (Lipinski definition) is 1. The van der Waals surface area contributed by atoms with E-state index < -0.39 is 17.4 Å². The summed E-state index contributed by atoms with van der Waals surface area (Å²) < 4.78 is 49.0. The topological polar surface area (TPSA) is 84.1 Å². The number of likely N-dealkylation sites (tertiary alicyclic amines) is 1. The number of aromatic amines is 1. The number of carbonyl (C=O) groups is 1. The number of carbonyl (C=O) groups excluding carboxylic acids is 1. The lowest BCUT2D eigenvalue weighted by molar-refractivity contribution is -0.137. The highest BCUT2D eigenvalue weighted by Crippen LogP contribution is 2.38.